The van der Waals surface area contributed by atoms with Crippen LogP contribution < -0.4 is 30.3 Å². The van der Waals surface area contributed by atoms with Gasteiger partial charge in [0.05, 0.1) is 35.1 Å². The molecule has 3 rings (SSSR count). The third kappa shape index (κ3) is 8.23. The highest BCUT2D eigenvalue weighted by molar-refractivity contribution is 14.1. The van der Waals surface area contributed by atoms with Crippen molar-refractivity contribution >= 4 is 63.4 Å². The molecule has 0 bridgehead atoms. The number of urea groups is 1. The Balaban J connectivity index is 1.72. The number of rotatable bonds is 13. The molecule has 0 saturated carbocycles. The molecule has 2 atom stereocenters. The number of allylic oxidation sites excluding steroid dienone is 1. The van der Waals surface area contributed by atoms with Crippen molar-refractivity contribution in [2.45, 2.75) is 26.1 Å². The minimum atomic E-state index is -1.13. The van der Waals surface area contributed by atoms with Crippen LogP contribution in [-0.4, -0.2) is 56.5 Å². The largest absolute Gasteiger partial charge is 0.490 e. The Hall–Kier alpha value is -3.05. The lowest BCUT2D eigenvalue weighted by molar-refractivity contribution is -0.136. The predicted molar refractivity (Wildman–Crippen MR) is 167 cm³/mol. The fourth-order valence-corrected chi connectivity index (χ4v) is 5.83. The van der Waals surface area contributed by atoms with Gasteiger partial charge in [0.1, 0.15) is 19.0 Å². The maximum absolute atomic E-state index is 12.4. The first-order chi connectivity index (χ1) is 19.2. The van der Waals surface area contributed by atoms with Crippen LogP contribution in [0, 0.1) is 7.14 Å². The Bertz CT molecular complexity index is 1320. The van der Waals surface area contributed by atoms with E-state index in [2.05, 4.69) is 72.9 Å². The molecule has 2 amide bonds. The van der Waals surface area contributed by atoms with E-state index in [0.717, 1.165) is 12.7 Å². The van der Waals surface area contributed by atoms with Crippen molar-refractivity contribution in [1.82, 2.24) is 16.1 Å². The smallest absolute Gasteiger partial charge is 0.337 e. The zero-order valence-electron chi connectivity index (χ0n) is 22.1. The lowest BCUT2D eigenvalue weighted by atomic mass is 9.95. The van der Waals surface area contributed by atoms with Crippen LogP contribution in [0.4, 0.5) is 4.79 Å². The number of benzene rings is 2. The Labute approximate surface area is 259 Å². The highest BCUT2D eigenvalue weighted by Gasteiger charge is 2.32. The van der Waals surface area contributed by atoms with Gasteiger partial charge < -0.3 is 34.7 Å². The second kappa shape index (κ2) is 15.1. The van der Waals surface area contributed by atoms with Crippen molar-refractivity contribution in [3.63, 3.8) is 0 Å². The Morgan fingerprint density at radius 3 is 2.70 bits per heavy atom. The second-order valence-corrected chi connectivity index (χ2v) is 10.7. The molecule has 1 heterocycles. The number of methoxy groups -OCH3 is 1. The van der Waals surface area contributed by atoms with Gasteiger partial charge in [-0.25, -0.2) is 9.59 Å². The summed E-state index contributed by atoms with van der Waals surface area (Å²) >= 11 is 4.41. The number of hydrogen-bond acceptors (Lipinski definition) is 9. The average molecular weight is 776 g/mol. The highest BCUT2D eigenvalue weighted by Crippen LogP contribution is 2.35. The molecule has 11 nitrogen and oxygen atoms in total. The number of carbonyl (C=O) groups is 2. The number of hydrazone groups is 1. The summed E-state index contributed by atoms with van der Waals surface area (Å²) in [6, 6.07) is 7.73. The number of amides is 2. The van der Waals surface area contributed by atoms with Gasteiger partial charge in [0, 0.05) is 14.8 Å². The minimum absolute atomic E-state index is 0.142. The molecule has 40 heavy (non-hydrogen) atoms. The van der Waals surface area contributed by atoms with Gasteiger partial charge in [0.2, 0.25) is 0 Å². The third-order valence-corrected chi connectivity index (χ3v) is 6.91. The first kappa shape index (κ1) is 31.5. The number of carbonyl (C=O) groups excluding carboxylic acids is 2. The van der Waals surface area contributed by atoms with Gasteiger partial charge in [0.15, 0.2) is 17.7 Å². The lowest BCUT2D eigenvalue weighted by Gasteiger charge is -2.28. The summed E-state index contributed by atoms with van der Waals surface area (Å²) in [5.41, 5.74) is 4.65. The predicted octanol–water partition coefficient (Wildman–Crippen LogP) is 3.98. The monoisotopic (exact) mass is 776 g/mol. The molecule has 0 radical (unpaired) electrons. The molecule has 0 aromatic heterocycles. The number of halogens is 2. The van der Waals surface area contributed by atoms with Crippen molar-refractivity contribution in [2.24, 2.45) is 5.10 Å². The van der Waals surface area contributed by atoms with Crippen molar-refractivity contribution in [3.8, 4) is 17.2 Å². The van der Waals surface area contributed by atoms with E-state index in [9.17, 15) is 14.7 Å². The zero-order valence-corrected chi connectivity index (χ0v) is 26.4. The molecule has 0 saturated heterocycles. The van der Waals surface area contributed by atoms with Gasteiger partial charge in [-0.15, -0.1) is 0 Å². The van der Waals surface area contributed by atoms with Crippen LogP contribution in [0.15, 0.2) is 59.4 Å². The molecule has 0 aliphatic carbocycles. The SMILES string of the molecule is C=CCOc1c(I)cc(I)cc1/C=N/N[C@@H](O)COc1ccc([C@H]2NC(=O)NC(C)=C2C(=O)OC)cc1OCC. The summed E-state index contributed by atoms with van der Waals surface area (Å²) in [4.78, 5) is 24.5. The fourth-order valence-electron chi connectivity index (χ4n) is 3.79. The van der Waals surface area contributed by atoms with Crippen molar-refractivity contribution < 1.29 is 33.6 Å². The van der Waals surface area contributed by atoms with Crippen LogP contribution in [0.25, 0.3) is 0 Å². The van der Waals surface area contributed by atoms with Gasteiger partial charge in [-0.3, -0.25) is 5.43 Å². The Kier molecular flexibility index (Phi) is 11.9. The minimum Gasteiger partial charge on any atom is -0.490 e. The first-order valence-electron chi connectivity index (χ1n) is 12.1. The molecular weight excluding hydrogens is 746 g/mol. The molecule has 0 spiro atoms. The molecule has 4 N–H and O–H groups in total. The summed E-state index contributed by atoms with van der Waals surface area (Å²) in [7, 11) is 1.28. The maximum Gasteiger partial charge on any atom is 0.337 e. The Morgan fingerprint density at radius 2 is 2.00 bits per heavy atom. The van der Waals surface area contributed by atoms with Crippen molar-refractivity contribution in [1.29, 1.82) is 0 Å². The van der Waals surface area contributed by atoms with Gasteiger partial charge >= 0.3 is 12.0 Å². The first-order valence-corrected chi connectivity index (χ1v) is 14.3. The van der Waals surface area contributed by atoms with Gasteiger partial charge in [0.25, 0.3) is 0 Å². The second-order valence-electron chi connectivity index (χ2n) is 8.32. The van der Waals surface area contributed by atoms with Crippen LogP contribution in [0.5, 0.6) is 17.2 Å². The number of nitrogens with one attached hydrogen (secondary N) is 3. The molecule has 1 aliphatic rings. The summed E-state index contributed by atoms with van der Waals surface area (Å²) in [6.45, 7) is 7.68. The van der Waals surface area contributed by atoms with E-state index in [4.69, 9.17) is 18.9 Å². The summed E-state index contributed by atoms with van der Waals surface area (Å²) in [6.07, 6.45) is 2.09. The van der Waals surface area contributed by atoms with Gasteiger partial charge in [-0.05, 0) is 88.9 Å². The van der Waals surface area contributed by atoms with Crippen LogP contribution in [0.2, 0.25) is 0 Å². The molecule has 0 fully saturated rings. The molecule has 2 aromatic rings. The molecule has 214 valence electrons. The zero-order chi connectivity index (χ0) is 29.2. The molecule has 2 aromatic carbocycles. The number of ether oxygens (including phenoxy) is 4. The van der Waals surface area contributed by atoms with Gasteiger partial charge in [-0.1, -0.05) is 18.7 Å². The van der Waals surface area contributed by atoms with Crippen LogP contribution in [0.3, 0.4) is 0 Å². The molecule has 13 heteroatoms. The van der Waals surface area contributed by atoms with E-state index in [1.807, 2.05) is 19.1 Å². The molecule has 0 unspecified atom stereocenters. The van der Waals surface area contributed by atoms with Crippen molar-refractivity contribution in [2.75, 3.05) is 26.9 Å². The third-order valence-electron chi connectivity index (χ3n) is 5.48. The fraction of sp³-hybridized carbons (Fsp3) is 0.296. The quantitative estimate of drug-likeness (QED) is 0.0599. The maximum atomic E-state index is 12.4. The van der Waals surface area contributed by atoms with E-state index < -0.39 is 24.3 Å². The van der Waals surface area contributed by atoms with E-state index >= 15 is 0 Å². The number of hydrogen-bond donors (Lipinski definition) is 4. The van der Waals surface area contributed by atoms with Crippen LogP contribution in [0.1, 0.15) is 31.0 Å². The average Bonchev–Trinajstić information content (AvgIpc) is 2.91. The van der Waals surface area contributed by atoms with E-state index in [-0.39, 0.29) is 12.2 Å². The number of esters is 1. The number of nitrogens with zero attached hydrogens (tertiary/aromatic N) is 1. The van der Waals surface area contributed by atoms with Crippen LogP contribution >= 0.6 is 45.2 Å². The van der Waals surface area contributed by atoms with Crippen LogP contribution in [-0.2, 0) is 9.53 Å². The summed E-state index contributed by atoms with van der Waals surface area (Å²) in [5, 5.41) is 19.9. The summed E-state index contributed by atoms with van der Waals surface area (Å²) in [5.74, 6) is 0.845. The highest BCUT2D eigenvalue weighted by atomic mass is 127. The lowest BCUT2D eigenvalue weighted by Crippen LogP contribution is -2.45. The van der Waals surface area contributed by atoms with E-state index in [1.165, 1.54) is 7.11 Å². The summed E-state index contributed by atoms with van der Waals surface area (Å²) < 4.78 is 24.1. The topological polar surface area (TPSA) is 140 Å². The normalized spacial score (nSPS) is 15.7. The number of aliphatic hydroxyl groups is 1. The van der Waals surface area contributed by atoms with Crippen molar-refractivity contribution in [3.05, 3.63) is 72.5 Å². The number of aliphatic hydroxyl groups excluding tert-OH is 1. The van der Waals surface area contributed by atoms with E-state index in [0.29, 0.717) is 41.7 Å². The standard InChI is InChI=1S/C27H30I2N4O7/c1-5-9-39-25-17(10-18(28)12-19(25)29)13-30-33-22(34)14-40-20-8-7-16(11-21(20)38-6-2)24-23(26(35)37-4)15(3)31-27(36)32-24/h5,7-8,10-13,22,24,33-34H,1,6,9,14H2,2-4H3,(H2,31,32,36)/b30-13+/t22-,24+/m0/s1. The van der Waals surface area contributed by atoms with E-state index in [1.54, 1.807) is 37.4 Å². The molecular formula is C27H30I2N4O7. The Morgan fingerprint density at radius 1 is 1.23 bits per heavy atom. The molecule has 1 aliphatic heterocycles. The van der Waals surface area contributed by atoms with Gasteiger partial charge in [-0.2, -0.15) is 5.10 Å².